The second kappa shape index (κ2) is 13.3. The molecule has 0 heterocycles. The maximum Gasteiger partial charge on any atom is 0.0465 e. The van der Waals surface area contributed by atoms with Gasteiger partial charge in [0.05, 0.1) is 0 Å². The number of fused-ring (bicyclic) bond motifs is 8. The van der Waals surface area contributed by atoms with Gasteiger partial charge in [-0.15, -0.1) is 0 Å². The lowest BCUT2D eigenvalue weighted by Crippen LogP contribution is -2.18. The lowest BCUT2D eigenvalue weighted by Gasteiger charge is -2.30. The van der Waals surface area contributed by atoms with Crippen molar-refractivity contribution in [3.63, 3.8) is 0 Å². The highest BCUT2D eigenvalue weighted by atomic mass is 15.1. The molecule has 0 unspecified atom stereocenters. The predicted octanol–water partition coefficient (Wildman–Crippen LogP) is 15.9. The molecule has 0 aromatic heterocycles. The summed E-state index contributed by atoms with van der Waals surface area (Å²) in [6, 6.07) is 74.1. The Morgan fingerprint density at radius 1 is 0.322 bits per heavy atom. The Balaban J connectivity index is 1.06. The number of nitrogens with zero attached hydrogens (tertiary/aromatic N) is 1. The normalized spacial score (nSPS) is 14.0. The average Bonchev–Trinajstić information content (AvgIpc) is 3.66. The maximum atomic E-state index is 2.47. The summed E-state index contributed by atoms with van der Waals surface area (Å²) in [6.45, 7) is 9.57. The molecule has 282 valence electrons. The van der Waals surface area contributed by atoms with Crippen molar-refractivity contribution < 1.29 is 0 Å². The molecule has 59 heavy (non-hydrogen) atoms. The van der Waals surface area contributed by atoms with Crippen LogP contribution in [0.2, 0.25) is 0 Å². The summed E-state index contributed by atoms with van der Waals surface area (Å²) in [5.41, 5.74) is 21.4. The van der Waals surface area contributed by atoms with Gasteiger partial charge in [0.2, 0.25) is 0 Å². The van der Waals surface area contributed by atoms with Gasteiger partial charge >= 0.3 is 0 Å². The van der Waals surface area contributed by atoms with E-state index in [-0.39, 0.29) is 10.8 Å². The number of rotatable bonds is 6. The molecule has 0 saturated heterocycles. The molecule has 2 aliphatic rings. The minimum atomic E-state index is -0.228. The fourth-order valence-corrected chi connectivity index (χ4v) is 10.2. The first-order valence-corrected chi connectivity index (χ1v) is 20.8. The fourth-order valence-electron chi connectivity index (χ4n) is 10.2. The molecule has 11 rings (SSSR count). The van der Waals surface area contributed by atoms with Crippen LogP contribution in [-0.2, 0) is 10.8 Å². The molecule has 9 aromatic rings. The zero-order valence-electron chi connectivity index (χ0n) is 34.0. The lowest BCUT2D eigenvalue weighted by atomic mass is 9.79. The van der Waals surface area contributed by atoms with Gasteiger partial charge in [0.25, 0.3) is 0 Å². The van der Waals surface area contributed by atoms with Gasteiger partial charge in [-0.25, -0.2) is 0 Å². The van der Waals surface area contributed by atoms with Gasteiger partial charge in [0.1, 0.15) is 0 Å². The SMILES string of the molecule is CC1(C)c2ccccc2-c2ccc(N(c3ccc(-c4ccc(-c5ccccc5)cc4)cc3)c3ccc4c(c3)C(C)(C)c3c-4c(-c4ccccc4)cc4ccccc34)cc21. The van der Waals surface area contributed by atoms with Crippen molar-refractivity contribution in [2.24, 2.45) is 0 Å². The predicted molar refractivity (Wildman–Crippen MR) is 250 cm³/mol. The minimum absolute atomic E-state index is 0.111. The first-order chi connectivity index (χ1) is 28.8. The van der Waals surface area contributed by atoms with E-state index in [1.165, 1.54) is 88.7 Å². The third-order valence-corrected chi connectivity index (χ3v) is 13.2. The van der Waals surface area contributed by atoms with Gasteiger partial charge in [-0.05, 0) is 131 Å². The molecule has 0 N–H and O–H groups in total. The summed E-state index contributed by atoms with van der Waals surface area (Å²) in [6.07, 6.45) is 0. The number of hydrogen-bond donors (Lipinski definition) is 0. The molecular weight excluding hydrogens is 711 g/mol. The molecule has 9 aromatic carbocycles. The summed E-state index contributed by atoms with van der Waals surface area (Å²) in [4.78, 5) is 2.47. The number of anilines is 3. The summed E-state index contributed by atoms with van der Waals surface area (Å²) in [7, 11) is 0. The summed E-state index contributed by atoms with van der Waals surface area (Å²) < 4.78 is 0. The van der Waals surface area contributed by atoms with Gasteiger partial charge in [-0.2, -0.15) is 0 Å². The monoisotopic (exact) mass is 755 g/mol. The second-order valence-electron chi connectivity index (χ2n) is 17.3. The zero-order valence-corrected chi connectivity index (χ0v) is 34.0. The van der Waals surface area contributed by atoms with Crippen molar-refractivity contribution in [3.8, 4) is 55.6 Å². The Kier molecular flexibility index (Phi) is 7.94. The largest absolute Gasteiger partial charge is 0.310 e. The van der Waals surface area contributed by atoms with Crippen molar-refractivity contribution in [2.45, 2.75) is 38.5 Å². The van der Waals surface area contributed by atoms with Gasteiger partial charge < -0.3 is 4.90 Å². The highest BCUT2D eigenvalue weighted by molar-refractivity contribution is 6.05. The van der Waals surface area contributed by atoms with Crippen LogP contribution in [0.5, 0.6) is 0 Å². The number of hydrogen-bond acceptors (Lipinski definition) is 1. The van der Waals surface area contributed by atoms with Gasteiger partial charge in [-0.1, -0.05) is 185 Å². The van der Waals surface area contributed by atoms with Crippen LogP contribution >= 0.6 is 0 Å². The van der Waals surface area contributed by atoms with Crippen LogP contribution in [0, 0.1) is 0 Å². The Bertz CT molecular complexity index is 3060. The summed E-state index contributed by atoms with van der Waals surface area (Å²) >= 11 is 0. The molecule has 0 saturated carbocycles. The molecule has 2 aliphatic carbocycles. The topological polar surface area (TPSA) is 3.24 Å². The van der Waals surface area contributed by atoms with Crippen LogP contribution in [0.4, 0.5) is 17.1 Å². The fraction of sp³-hybridized carbons (Fsp3) is 0.103. The lowest BCUT2D eigenvalue weighted by molar-refractivity contribution is 0.660. The van der Waals surface area contributed by atoms with Gasteiger partial charge in [0.15, 0.2) is 0 Å². The third kappa shape index (κ3) is 5.53. The zero-order chi connectivity index (χ0) is 39.9. The van der Waals surface area contributed by atoms with E-state index in [4.69, 9.17) is 0 Å². The highest BCUT2D eigenvalue weighted by Crippen LogP contribution is 2.57. The van der Waals surface area contributed by atoms with E-state index < -0.39 is 0 Å². The molecule has 0 fully saturated rings. The van der Waals surface area contributed by atoms with E-state index in [0.717, 1.165) is 17.1 Å². The third-order valence-electron chi connectivity index (χ3n) is 13.2. The first kappa shape index (κ1) is 35.2. The van der Waals surface area contributed by atoms with Crippen LogP contribution in [0.1, 0.15) is 49.9 Å². The second-order valence-corrected chi connectivity index (χ2v) is 17.3. The van der Waals surface area contributed by atoms with Crippen molar-refractivity contribution in [1.82, 2.24) is 0 Å². The van der Waals surface area contributed by atoms with Gasteiger partial charge in [-0.3, -0.25) is 0 Å². The van der Waals surface area contributed by atoms with Crippen LogP contribution in [0.25, 0.3) is 66.4 Å². The van der Waals surface area contributed by atoms with E-state index in [0.29, 0.717) is 0 Å². The Morgan fingerprint density at radius 2 is 0.797 bits per heavy atom. The van der Waals surface area contributed by atoms with Crippen molar-refractivity contribution >= 4 is 27.8 Å². The number of benzene rings is 9. The van der Waals surface area contributed by atoms with Crippen LogP contribution < -0.4 is 4.90 Å². The Hall–Kier alpha value is -6.96. The summed E-state index contributed by atoms with van der Waals surface area (Å²) in [5.74, 6) is 0. The molecule has 0 bridgehead atoms. The van der Waals surface area contributed by atoms with E-state index >= 15 is 0 Å². The van der Waals surface area contributed by atoms with Crippen LogP contribution in [0.3, 0.4) is 0 Å². The molecule has 0 spiro atoms. The van der Waals surface area contributed by atoms with Gasteiger partial charge in [0, 0.05) is 27.9 Å². The summed E-state index contributed by atoms with van der Waals surface area (Å²) in [5, 5.41) is 2.61. The molecule has 0 radical (unpaired) electrons. The molecule has 0 atom stereocenters. The van der Waals surface area contributed by atoms with E-state index in [2.05, 4.69) is 233 Å². The van der Waals surface area contributed by atoms with Crippen LogP contribution in [0.15, 0.2) is 200 Å². The van der Waals surface area contributed by atoms with Crippen molar-refractivity contribution in [1.29, 1.82) is 0 Å². The molecular formula is C58H45N. The van der Waals surface area contributed by atoms with Crippen molar-refractivity contribution in [2.75, 3.05) is 4.90 Å². The first-order valence-electron chi connectivity index (χ1n) is 20.8. The molecule has 1 heteroatoms. The quantitative estimate of drug-likeness (QED) is 0.163. The Morgan fingerprint density at radius 3 is 1.46 bits per heavy atom. The highest BCUT2D eigenvalue weighted by Gasteiger charge is 2.40. The molecule has 0 amide bonds. The smallest absolute Gasteiger partial charge is 0.0465 e. The van der Waals surface area contributed by atoms with E-state index in [1.54, 1.807) is 0 Å². The molecule has 0 aliphatic heterocycles. The van der Waals surface area contributed by atoms with E-state index in [1.807, 2.05) is 0 Å². The average molecular weight is 756 g/mol. The molecule has 1 nitrogen and oxygen atoms in total. The van der Waals surface area contributed by atoms with Crippen LogP contribution in [-0.4, -0.2) is 0 Å². The van der Waals surface area contributed by atoms with Crippen molar-refractivity contribution in [3.05, 3.63) is 222 Å². The standard InChI is InChI=1S/C58H45N/c1-57(2)52-22-14-13-21-48(52)49-33-31-45(36-53(49)57)59(44-29-27-41(28-30-44)40-25-23-39(24-26-40)38-15-7-5-8-16-38)46-32-34-50-54(37-46)58(3,4)56-47-20-12-11-19-43(47)35-51(55(50)56)42-17-9-6-10-18-42/h5-37H,1-4H3. The Labute approximate surface area is 347 Å². The minimum Gasteiger partial charge on any atom is -0.310 e. The maximum absolute atomic E-state index is 2.47. The van der Waals surface area contributed by atoms with E-state index in [9.17, 15) is 0 Å².